The standard InChI is InChI=1S/C19H22ClN3O2.ClH/c20-17-13-16(14-22-18(17)23-10-8-21-9-11-23)19(24)25-12-4-7-15-5-2-1-3-6-15;/h1-3,5-6,13-14,21H,4,7-12H2;1H. The van der Waals surface area contributed by atoms with Gasteiger partial charge in [-0.1, -0.05) is 41.9 Å². The summed E-state index contributed by atoms with van der Waals surface area (Å²) in [5, 5.41) is 3.77. The number of rotatable bonds is 6. The number of nitrogens with one attached hydrogen (secondary N) is 1. The lowest BCUT2D eigenvalue weighted by Crippen LogP contribution is -2.44. The van der Waals surface area contributed by atoms with Crippen LogP contribution in [-0.4, -0.2) is 43.7 Å². The number of halogens is 2. The van der Waals surface area contributed by atoms with Crippen molar-refractivity contribution in [3.8, 4) is 0 Å². The molecule has 1 fully saturated rings. The van der Waals surface area contributed by atoms with E-state index in [1.54, 1.807) is 12.3 Å². The number of nitrogens with zero attached hydrogens (tertiary/aromatic N) is 2. The SMILES string of the molecule is Cl.O=C(OCCCc1ccccc1)c1cnc(N2CCNCC2)c(Cl)c1. The Morgan fingerprint density at radius 1 is 1.23 bits per heavy atom. The minimum atomic E-state index is -0.380. The third kappa shape index (κ3) is 5.59. The summed E-state index contributed by atoms with van der Waals surface area (Å²) in [6.07, 6.45) is 3.22. The fourth-order valence-electron chi connectivity index (χ4n) is 2.82. The number of piperazine rings is 1. The minimum Gasteiger partial charge on any atom is -0.462 e. The lowest BCUT2D eigenvalue weighted by molar-refractivity contribution is 0.0500. The zero-order chi connectivity index (χ0) is 17.5. The van der Waals surface area contributed by atoms with E-state index in [1.165, 1.54) is 5.56 Å². The van der Waals surface area contributed by atoms with Gasteiger partial charge in [-0.15, -0.1) is 12.4 Å². The van der Waals surface area contributed by atoms with Crippen LogP contribution in [0.25, 0.3) is 0 Å². The Bertz CT molecular complexity index is 707. The van der Waals surface area contributed by atoms with Gasteiger partial charge in [0.2, 0.25) is 0 Å². The van der Waals surface area contributed by atoms with Gasteiger partial charge in [-0.25, -0.2) is 9.78 Å². The quantitative estimate of drug-likeness (QED) is 0.600. The molecule has 0 unspecified atom stereocenters. The number of hydrogen-bond acceptors (Lipinski definition) is 5. The molecular formula is C19H23Cl2N3O2. The summed E-state index contributed by atoms with van der Waals surface area (Å²) < 4.78 is 5.33. The van der Waals surface area contributed by atoms with Gasteiger partial charge in [0.15, 0.2) is 0 Å². The first-order valence-corrected chi connectivity index (χ1v) is 8.94. The Morgan fingerprint density at radius 2 is 1.96 bits per heavy atom. The maximum atomic E-state index is 12.2. The Morgan fingerprint density at radius 3 is 2.65 bits per heavy atom. The number of ether oxygens (including phenoxy) is 1. The fourth-order valence-corrected chi connectivity index (χ4v) is 3.11. The van der Waals surface area contributed by atoms with E-state index >= 15 is 0 Å². The average Bonchev–Trinajstić information content (AvgIpc) is 2.66. The van der Waals surface area contributed by atoms with Crippen LogP contribution in [0.5, 0.6) is 0 Å². The molecular weight excluding hydrogens is 373 g/mol. The topological polar surface area (TPSA) is 54.5 Å². The second-order valence-electron chi connectivity index (χ2n) is 5.99. The highest BCUT2D eigenvalue weighted by Crippen LogP contribution is 2.24. The van der Waals surface area contributed by atoms with Crippen LogP contribution in [0.4, 0.5) is 5.82 Å². The van der Waals surface area contributed by atoms with E-state index in [1.807, 2.05) is 18.2 Å². The highest BCUT2D eigenvalue weighted by molar-refractivity contribution is 6.33. The van der Waals surface area contributed by atoms with E-state index in [0.29, 0.717) is 17.2 Å². The molecule has 140 valence electrons. The summed E-state index contributed by atoms with van der Waals surface area (Å²) in [7, 11) is 0. The highest BCUT2D eigenvalue weighted by Gasteiger charge is 2.17. The molecule has 0 saturated carbocycles. The molecule has 5 nitrogen and oxygen atoms in total. The summed E-state index contributed by atoms with van der Waals surface area (Å²) in [6.45, 7) is 3.91. The van der Waals surface area contributed by atoms with Crippen molar-refractivity contribution in [2.24, 2.45) is 0 Å². The van der Waals surface area contributed by atoms with Gasteiger partial charge in [-0.3, -0.25) is 0 Å². The smallest absolute Gasteiger partial charge is 0.339 e. The lowest BCUT2D eigenvalue weighted by Gasteiger charge is -2.29. The molecule has 2 heterocycles. The maximum Gasteiger partial charge on any atom is 0.339 e. The molecule has 2 aromatic rings. The number of pyridine rings is 1. The molecule has 1 aromatic heterocycles. The van der Waals surface area contributed by atoms with Gasteiger partial charge in [0.25, 0.3) is 0 Å². The second kappa shape index (κ2) is 10.4. The minimum absolute atomic E-state index is 0. The van der Waals surface area contributed by atoms with Crippen molar-refractivity contribution in [1.29, 1.82) is 0 Å². The van der Waals surface area contributed by atoms with Crippen LogP contribution in [-0.2, 0) is 11.2 Å². The van der Waals surface area contributed by atoms with Crippen molar-refractivity contribution >= 4 is 35.8 Å². The summed E-state index contributed by atoms with van der Waals surface area (Å²) in [6, 6.07) is 11.8. The molecule has 1 aliphatic heterocycles. The van der Waals surface area contributed by atoms with Crippen LogP contribution in [0, 0.1) is 0 Å². The van der Waals surface area contributed by atoms with Gasteiger partial charge in [-0.05, 0) is 24.5 Å². The van der Waals surface area contributed by atoms with E-state index in [-0.39, 0.29) is 18.4 Å². The number of benzene rings is 1. The Hall–Kier alpha value is -1.82. The van der Waals surface area contributed by atoms with Gasteiger partial charge in [0.1, 0.15) is 5.82 Å². The lowest BCUT2D eigenvalue weighted by atomic mass is 10.1. The number of anilines is 1. The molecule has 1 aromatic carbocycles. The van der Waals surface area contributed by atoms with Crippen molar-refractivity contribution < 1.29 is 9.53 Å². The molecule has 0 atom stereocenters. The number of carbonyl (C=O) groups is 1. The van der Waals surface area contributed by atoms with E-state index < -0.39 is 0 Å². The summed E-state index contributed by atoms with van der Waals surface area (Å²) in [5.74, 6) is 0.345. The van der Waals surface area contributed by atoms with E-state index in [4.69, 9.17) is 16.3 Å². The van der Waals surface area contributed by atoms with Crippen LogP contribution < -0.4 is 10.2 Å². The summed E-state index contributed by atoms with van der Waals surface area (Å²) >= 11 is 6.32. The Labute approximate surface area is 165 Å². The fraction of sp³-hybridized carbons (Fsp3) is 0.368. The molecule has 1 N–H and O–H groups in total. The van der Waals surface area contributed by atoms with Crippen molar-refractivity contribution in [2.75, 3.05) is 37.7 Å². The highest BCUT2D eigenvalue weighted by atomic mass is 35.5. The number of esters is 1. The normalized spacial score (nSPS) is 13.8. The first-order chi connectivity index (χ1) is 12.2. The molecule has 3 rings (SSSR count). The first-order valence-electron chi connectivity index (χ1n) is 8.56. The second-order valence-corrected chi connectivity index (χ2v) is 6.40. The molecule has 1 aliphatic rings. The number of aromatic nitrogens is 1. The predicted octanol–water partition coefficient (Wildman–Crippen LogP) is 3.36. The van der Waals surface area contributed by atoms with Gasteiger partial charge in [-0.2, -0.15) is 0 Å². The molecule has 0 amide bonds. The zero-order valence-corrected chi connectivity index (χ0v) is 16.1. The van der Waals surface area contributed by atoms with Crippen molar-refractivity contribution in [2.45, 2.75) is 12.8 Å². The predicted molar refractivity (Wildman–Crippen MR) is 107 cm³/mol. The van der Waals surface area contributed by atoms with E-state index in [2.05, 4.69) is 27.3 Å². The van der Waals surface area contributed by atoms with Crippen LogP contribution >= 0.6 is 24.0 Å². The summed E-state index contributed by atoms with van der Waals surface area (Å²) in [4.78, 5) is 18.6. The molecule has 0 aliphatic carbocycles. The maximum absolute atomic E-state index is 12.2. The van der Waals surface area contributed by atoms with Crippen LogP contribution in [0.15, 0.2) is 42.6 Å². The van der Waals surface area contributed by atoms with Crippen molar-refractivity contribution in [3.63, 3.8) is 0 Å². The summed E-state index contributed by atoms with van der Waals surface area (Å²) in [5.41, 5.74) is 1.63. The van der Waals surface area contributed by atoms with Gasteiger partial charge in [0, 0.05) is 32.4 Å². The monoisotopic (exact) mass is 395 g/mol. The van der Waals surface area contributed by atoms with Crippen molar-refractivity contribution in [3.05, 3.63) is 58.7 Å². The van der Waals surface area contributed by atoms with Crippen LogP contribution in [0.3, 0.4) is 0 Å². The zero-order valence-electron chi connectivity index (χ0n) is 14.5. The van der Waals surface area contributed by atoms with Crippen LogP contribution in [0.1, 0.15) is 22.3 Å². The first kappa shape index (κ1) is 20.5. The number of carbonyl (C=O) groups excluding carboxylic acids is 1. The Kier molecular flexibility index (Phi) is 8.16. The third-order valence-electron chi connectivity index (χ3n) is 4.16. The number of hydrogen-bond donors (Lipinski definition) is 1. The Balaban J connectivity index is 0.00000243. The molecule has 0 bridgehead atoms. The molecule has 0 radical (unpaired) electrons. The van der Waals surface area contributed by atoms with E-state index in [9.17, 15) is 4.79 Å². The number of aryl methyl sites for hydroxylation is 1. The van der Waals surface area contributed by atoms with Gasteiger partial charge in [0.05, 0.1) is 17.2 Å². The largest absolute Gasteiger partial charge is 0.462 e. The van der Waals surface area contributed by atoms with Crippen LogP contribution in [0.2, 0.25) is 5.02 Å². The average molecular weight is 396 g/mol. The van der Waals surface area contributed by atoms with Gasteiger partial charge >= 0.3 is 5.97 Å². The van der Waals surface area contributed by atoms with E-state index in [0.717, 1.165) is 44.8 Å². The van der Waals surface area contributed by atoms with Gasteiger partial charge < -0.3 is 15.0 Å². The van der Waals surface area contributed by atoms with Crippen molar-refractivity contribution in [1.82, 2.24) is 10.3 Å². The molecule has 26 heavy (non-hydrogen) atoms. The molecule has 0 spiro atoms. The third-order valence-corrected chi connectivity index (χ3v) is 4.44. The molecule has 7 heteroatoms. The molecule has 1 saturated heterocycles.